The van der Waals surface area contributed by atoms with Crippen LogP contribution < -0.4 is 4.31 Å². The van der Waals surface area contributed by atoms with Gasteiger partial charge >= 0.3 is 12.1 Å². The molecule has 0 amide bonds. The summed E-state index contributed by atoms with van der Waals surface area (Å²) in [5.74, 6) is -0.847. The van der Waals surface area contributed by atoms with Crippen molar-refractivity contribution in [2.45, 2.75) is 30.3 Å². The average Bonchev–Trinajstić information content (AvgIpc) is 2.66. The summed E-state index contributed by atoms with van der Waals surface area (Å²) in [5, 5.41) is -0.418. The lowest BCUT2D eigenvalue weighted by atomic mass is 9.85. The van der Waals surface area contributed by atoms with E-state index in [9.17, 15) is 26.4 Å². The van der Waals surface area contributed by atoms with Gasteiger partial charge in [0.25, 0.3) is 10.0 Å². The van der Waals surface area contributed by atoms with Crippen LogP contribution in [0.2, 0.25) is 5.02 Å². The first-order valence-electron chi connectivity index (χ1n) is 8.98. The summed E-state index contributed by atoms with van der Waals surface area (Å²) in [7, 11) is -2.99. The molecule has 162 valence electrons. The van der Waals surface area contributed by atoms with Gasteiger partial charge < -0.3 is 4.74 Å². The highest BCUT2D eigenvalue weighted by molar-refractivity contribution is 7.92. The number of alkyl halides is 3. The van der Waals surface area contributed by atoms with Crippen LogP contribution >= 0.6 is 11.6 Å². The number of esters is 1. The molecule has 0 bridgehead atoms. The molecule has 0 unspecified atom stereocenters. The Balaban J connectivity index is 2.02. The van der Waals surface area contributed by atoms with Gasteiger partial charge in [0.1, 0.15) is 0 Å². The third-order valence-electron chi connectivity index (χ3n) is 4.90. The van der Waals surface area contributed by atoms with E-state index in [0.29, 0.717) is 12.3 Å². The van der Waals surface area contributed by atoms with Crippen molar-refractivity contribution in [1.82, 2.24) is 4.98 Å². The van der Waals surface area contributed by atoms with Gasteiger partial charge in [-0.05, 0) is 49.1 Å². The first kappa shape index (κ1) is 22.4. The summed E-state index contributed by atoms with van der Waals surface area (Å²) < 4.78 is 70.9. The number of pyridine rings is 1. The van der Waals surface area contributed by atoms with E-state index in [4.69, 9.17) is 11.6 Å². The second-order valence-corrected chi connectivity index (χ2v) is 9.15. The number of rotatable bonds is 6. The molecule has 1 aromatic carbocycles. The van der Waals surface area contributed by atoms with Crippen LogP contribution in [0.25, 0.3) is 0 Å². The van der Waals surface area contributed by atoms with Crippen molar-refractivity contribution in [3.05, 3.63) is 52.7 Å². The quantitative estimate of drug-likeness (QED) is 0.589. The Morgan fingerprint density at radius 1 is 1.27 bits per heavy atom. The molecule has 0 aliphatic heterocycles. The molecular weight excluding hydrogens is 445 g/mol. The molecular formula is C19H18ClF3N2O4S. The van der Waals surface area contributed by atoms with E-state index in [1.165, 1.54) is 31.4 Å². The summed E-state index contributed by atoms with van der Waals surface area (Å²) in [5.41, 5.74) is -0.910. The maximum atomic E-state index is 13.3. The van der Waals surface area contributed by atoms with Gasteiger partial charge in [0, 0.05) is 12.7 Å². The van der Waals surface area contributed by atoms with E-state index in [1.54, 1.807) is 0 Å². The van der Waals surface area contributed by atoms with Gasteiger partial charge in [-0.15, -0.1) is 0 Å². The van der Waals surface area contributed by atoms with Crippen molar-refractivity contribution >= 4 is 33.4 Å². The number of benzene rings is 1. The third kappa shape index (κ3) is 4.54. The fraction of sp³-hybridized carbons (Fsp3) is 0.368. The normalized spacial score (nSPS) is 14.8. The Labute approximate surface area is 176 Å². The lowest BCUT2D eigenvalue weighted by Gasteiger charge is -2.33. The molecule has 30 heavy (non-hydrogen) atoms. The Hall–Kier alpha value is -2.33. The molecule has 3 rings (SSSR count). The van der Waals surface area contributed by atoms with Crippen LogP contribution in [0.3, 0.4) is 0 Å². The molecule has 1 aliphatic rings. The molecule has 2 aromatic rings. The van der Waals surface area contributed by atoms with E-state index < -0.39 is 32.8 Å². The van der Waals surface area contributed by atoms with Gasteiger partial charge in [-0.2, -0.15) is 13.2 Å². The van der Waals surface area contributed by atoms with Crippen LogP contribution in [0.1, 0.15) is 35.2 Å². The molecule has 1 saturated carbocycles. The van der Waals surface area contributed by atoms with Crippen molar-refractivity contribution < 1.29 is 31.1 Å². The summed E-state index contributed by atoms with van der Waals surface area (Å²) in [6.45, 7) is 0.0408. The molecule has 0 N–H and O–H groups in total. The molecule has 1 aromatic heterocycles. The number of methoxy groups -OCH3 is 1. The van der Waals surface area contributed by atoms with Gasteiger partial charge in [-0.3, -0.25) is 0 Å². The zero-order valence-electron chi connectivity index (χ0n) is 15.8. The number of aromatic nitrogens is 1. The minimum Gasteiger partial charge on any atom is -0.465 e. The summed E-state index contributed by atoms with van der Waals surface area (Å²) in [6.07, 6.45) is -1.56. The maximum absolute atomic E-state index is 13.3. The molecule has 0 atom stereocenters. The fourth-order valence-corrected chi connectivity index (χ4v) is 4.82. The fourth-order valence-electron chi connectivity index (χ4n) is 2.99. The second-order valence-electron chi connectivity index (χ2n) is 6.88. The predicted molar refractivity (Wildman–Crippen MR) is 104 cm³/mol. The molecule has 1 heterocycles. The number of hydrogen-bond acceptors (Lipinski definition) is 5. The van der Waals surface area contributed by atoms with Crippen molar-refractivity contribution in [2.75, 3.05) is 18.0 Å². The largest absolute Gasteiger partial charge is 0.465 e. The van der Waals surface area contributed by atoms with Gasteiger partial charge in [-0.1, -0.05) is 18.0 Å². The number of anilines is 1. The molecule has 0 saturated heterocycles. The van der Waals surface area contributed by atoms with Gasteiger partial charge in [0.05, 0.1) is 28.2 Å². The van der Waals surface area contributed by atoms with E-state index in [1.807, 2.05) is 0 Å². The highest BCUT2D eigenvalue weighted by Gasteiger charge is 2.35. The highest BCUT2D eigenvalue weighted by Crippen LogP contribution is 2.37. The Morgan fingerprint density at radius 2 is 1.90 bits per heavy atom. The smallest absolute Gasteiger partial charge is 0.417 e. The van der Waals surface area contributed by atoms with Gasteiger partial charge in [-0.25, -0.2) is 22.5 Å². The lowest BCUT2D eigenvalue weighted by molar-refractivity contribution is -0.137. The zero-order valence-corrected chi connectivity index (χ0v) is 17.4. The lowest BCUT2D eigenvalue weighted by Crippen LogP contribution is -2.38. The van der Waals surface area contributed by atoms with Gasteiger partial charge in [0.15, 0.2) is 5.82 Å². The Morgan fingerprint density at radius 3 is 2.37 bits per heavy atom. The summed E-state index contributed by atoms with van der Waals surface area (Å²) in [6, 6.07) is 5.71. The van der Waals surface area contributed by atoms with Crippen molar-refractivity contribution in [1.29, 1.82) is 0 Å². The molecule has 0 radical (unpaired) electrons. The number of ether oxygens (including phenoxy) is 1. The second kappa shape index (κ2) is 8.43. The summed E-state index contributed by atoms with van der Waals surface area (Å²) >= 11 is 6.02. The Kier molecular flexibility index (Phi) is 6.28. The van der Waals surface area contributed by atoms with E-state index >= 15 is 0 Å². The predicted octanol–water partition coefficient (Wildman–Crippen LogP) is 4.54. The molecule has 1 fully saturated rings. The molecule has 0 spiro atoms. The topological polar surface area (TPSA) is 76.6 Å². The molecule has 1 aliphatic carbocycles. The van der Waals surface area contributed by atoms with Gasteiger partial charge in [0.2, 0.25) is 0 Å². The van der Waals surface area contributed by atoms with E-state index in [-0.39, 0.29) is 28.7 Å². The van der Waals surface area contributed by atoms with Crippen molar-refractivity contribution in [3.8, 4) is 0 Å². The van der Waals surface area contributed by atoms with Crippen LogP contribution in [-0.4, -0.2) is 33.0 Å². The highest BCUT2D eigenvalue weighted by atomic mass is 35.5. The minimum atomic E-state index is -4.66. The maximum Gasteiger partial charge on any atom is 0.417 e. The number of hydrogen-bond donors (Lipinski definition) is 0. The SMILES string of the molecule is COC(=O)c1ccc(S(=O)(=O)N(CC2CCC2)c2ncc(C(F)(F)F)cc2Cl)cc1. The first-order chi connectivity index (χ1) is 14.0. The average molecular weight is 463 g/mol. The standard InChI is InChI=1S/C19H18ClF3N2O4S/c1-29-18(26)13-5-7-15(8-6-13)30(27,28)25(11-12-3-2-4-12)17-16(20)9-14(10-24-17)19(21,22)23/h5-10,12H,2-4,11H2,1H3. The zero-order chi connectivity index (χ0) is 22.1. The number of sulfonamides is 1. The van der Waals surface area contributed by atoms with Crippen LogP contribution in [0.15, 0.2) is 41.4 Å². The van der Waals surface area contributed by atoms with Crippen LogP contribution in [-0.2, 0) is 20.9 Å². The number of carbonyl (C=O) groups is 1. The molecule has 11 heteroatoms. The van der Waals surface area contributed by atoms with Crippen molar-refractivity contribution in [3.63, 3.8) is 0 Å². The Bertz CT molecular complexity index is 1040. The number of nitrogens with zero attached hydrogens (tertiary/aromatic N) is 2. The third-order valence-corrected chi connectivity index (χ3v) is 6.95. The number of carbonyl (C=O) groups excluding carboxylic acids is 1. The summed E-state index contributed by atoms with van der Waals surface area (Å²) in [4.78, 5) is 15.2. The van der Waals surface area contributed by atoms with E-state index in [2.05, 4.69) is 9.72 Å². The minimum absolute atomic E-state index is 0.0408. The van der Waals surface area contributed by atoms with Crippen LogP contribution in [0, 0.1) is 5.92 Å². The number of halogens is 4. The van der Waals surface area contributed by atoms with Crippen LogP contribution in [0.4, 0.5) is 19.0 Å². The van der Waals surface area contributed by atoms with Crippen LogP contribution in [0.5, 0.6) is 0 Å². The monoisotopic (exact) mass is 462 g/mol. The first-order valence-corrected chi connectivity index (χ1v) is 10.8. The van der Waals surface area contributed by atoms with E-state index in [0.717, 1.165) is 23.6 Å². The van der Waals surface area contributed by atoms with Crippen molar-refractivity contribution in [2.24, 2.45) is 5.92 Å². The molecule has 6 nitrogen and oxygen atoms in total.